The Balaban J connectivity index is 1.67. The number of amides is 1. The van der Waals surface area contributed by atoms with Crippen LogP contribution in [-0.4, -0.2) is 28.9 Å². The molecule has 40 heavy (non-hydrogen) atoms. The maximum Gasteiger partial charge on any atom is 0.321 e. The first kappa shape index (κ1) is 29.1. The van der Waals surface area contributed by atoms with Gasteiger partial charge in [-0.15, -0.1) is 0 Å². The van der Waals surface area contributed by atoms with Gasteiger partial charge in [0.05, 0.1) is 5.57 Å². The van der Waals surface area contributed by atoms with Crippen LogP contribution < -0.4 is 5.32 Å². The molecule has 0 spiro atoms. The molecule has 1 unspecified atom stereocenters. The monoisotopic (exact) mass is 554 g/mol. The van der Waals surface area contributed by atoms with Gasteiger partial charge < -0.3 is 5.32 Å². The minimum absolute atomic E-state index is 0.0113. The molecule has 1 amide bonds. The molecule has 7 atom stereocenters. The first-order valence-electron chi connectivity index (χ1n) is 14.8. The Morgan fingerprint density at radius 3 is 2.25 bits per heavy atom. The number of hydrogen-bond donors (Lipinski definition) is 1. The van der Waals surface area contributed by atoms with E-state index in [9.17, 15) is 28.4 Å². The fraction of sp³-hybridized carbons (Fsp3) is 0.758. The molecule has 0 aromatic carbocycles. The third-order valence-corrected chi connectivity index (χ3v) is 12.6. The highest BCUT2D eigenvalue weighted by molar-refractivity contribution is 6.04. The van der Waals surface area contributed by atoms with Crippen molar-refractivity contribution < 1.29 is 23.2 Å². The van der Waals surface area contributed by atoms with Crippen LogP contribution in [0.3, 0.4) is 0 Å². The smallest absolute Gasteiger partial charge is 0.321 e. The van der Waals surface area contributed by atoms with Gasteiger partial charge in [0, 0.05) is 29.2 Å². The minimum Gasteiger partial charge on any atom is -0.345 e. The van der Waals surface area contributed by atoms with Gasteiger partial charge in [-0.1, -0.05) is 60.1 Å². The number of carbonyl (C=O) groups is 3. The number of halogens is 2. The number of nitrogens with one attached hydrogen (secondary N) is 1. The van der Waals surface area contributed by atoms with E-state index in [-0.39, 0.29) is 34.4 Å². The van der Waals surface area contributed by atoms with E-state index in [2.05, 4.69) is 46.0 Å². The number of hydrogen-bond acceptors (Lipinski definition) is 4. The van der Waals surface area contributed by atoms with Crippen LogP contribution in [0.5, 0.6) is 0 Å². The normalized spacial score (nSPS) is 43.6. The topological polar surface area (TPSA) is 87.0 Å². The Morgan fingerprint density at radius 2 is 1.65 bits per heavy atom. The molecule has 3 fully saturated rings. The van der Waals surface area contributed by atoms with E-state index >= 15 is 0 Å². The first-order chi connectivity index (χ1) is 18.2. The van der Waals surface area contributed by atoms with Crippen LogP contribution in [0.4, 0.5) is 8.78 Å². The quantitative estimate of drug-likeness (QED) is 0.410. The minimum atomic E-state index is -3.49. The number of nitrogens with zero attached hydrogens (tertiary/aromatic N) is 1. The molecule has 5 aliphatic carbocycles. The summed E-state index contributed by atoms with van der Waals surface area (Å²) in [5, 5.41) is 12.7. The molecule has 0 saturated heterocycles. The van der Waals surface area contributed by atoms with Crippen LogP contribution in [0.15, 0.2) is 23.3 Å². The molecule has 5 nitrogen and oxygen atoms in total. The summed E-state index contributed by atoms with van der Waals surface area (Å²) < 4.78 is 28.3. The summed E-state index contributed by atoms with van der Waals surface area (Å²) in [4.78, 5) is 40.3. The lowest BCUT2D eigenvalue weighted by molar-refractivity contribution is -0.168. The summed E-state index contributed by atoms with van der Waals surface area (Å²) >= 11 is 0. The van der Waals surface area contributed by atoms with Gasteiger partial charge in [0.1, 0.15) is 6.07 Å². The third-order valence-electron chi connectivity index (χ3n) is 12.6. The van der Waals surface area contributed by atoms with Gasteiger partial charge in [-0.25, -0.2) is 0 Å². The van der Waals surface area contributed by atoms with Gasteiger partial charge in [0.25, 0.3) is 5.91 Å². The standard InChI is InChI=1S/C33H44F2N2O3/c1-27(2)11-13-33(37-26(40)32(8,34)35)14-12-31(7)24(20(33)17-27)21(38)15-23-29(5)16-19(18-36)25(39)28(3,4)22(29)9-10-30(23,31)6/h15-16,20,22,24H,9-14,17H2,1-8H3,(H,37,40)/t20?,22-,24-,29-,30+,31+,33-/m0/s1. The molecule has 0 radical (unpaired) electrons. The van der Waals surface area contributed by atoms with E-state index in [1.54, 1.807) is 6.08 Å². The third kappa shape index (κ3) is 3.69. The summed E-state index contributed by atoms with van der Waals surface area (Å²) in [7, 11) is 0. The molecule has 0 heterocycles. The zero-order chi connectivity index (χ0) is 29.9. The van der Waals surface area contributed by atoms with Crippen molar-refractivity contribution in [2.45, 2.75) is 112 Å². The SMILES string of the molecule is CC1(C)CC[C@]2(NC(=O)C(C)(F)F)CC[C@]3(C)[C@H](C(=O)C=C4[C@@]5(C)C=C(C#N)C(=O)C(C)(C)[C@@H]5CC[C@]43C)C2C1. The number of rotatable bonds is 2. The summed E-state index contributed by atoms with van der Waals surface area (Å²) in [5.74, 6) is -5.62. The number of carbonyl (C=O) groups excluding carboxylic acids is 3. The van der Waals surface area contributed by atoms with E-state index < -0.39 is 44.9 Å². The number of alkyl halides is 2. The first-order valence-corrected chi connectivity index (χ1v) is 14.8. The van der Waals surface area contributed by atoms with Gasteiger partial charge in [0.15, 0.2) is 11.6 Å². The number of allylic oxidation sites excluding steroid dienone is 4. The second-order valence-electron chi connectivity index (χ2n) is 15.8. The van der Waals surface area contributed by atoms with E-state index in [1.807, 2.05) is 19.9 Å². The van der Waals surface area contributed by atoms with Gasteiger partial charge in [-0.3, -0.25) is 14.4 Å². The van der Waals surface area contributed by atoms with Crippen molar-refractivity contribution in [3.63, 3.8) is 0 Å². The number of fused-ring (bicyclic) bond motifs is 7. The molecule has 0 aromatic heterocycles. The zero-order valence-corrected chi connectivity index (χ0v) is 25.3. The Hall–Kier alpha value is -2.36. The largest absolute Gasteiger partial charge is 0.345 e. The summed E-state index contributed by atoms with van der Waals surface area (Å²) in [6, 6.07) is 2.13. The van der Waals surface area contributed by atoms with Gasteiger partial charge in [0.2, 0.25) is 0 Å². The summed E-state index contributed by atoms with van der Waals surface area (Å²) in [6.45, 7) is 15.3. The number of ketones is 2. The summed E-state index contributed by atoms with van der Waals surface area (Å²) in [5.41, 5.74) is -1.98. The highest BCUT2D eigenvalue weighted by atomic mass is 19.3. The van der Waals surface area contributed by atoms with E-state index in [0.29, 0.717) is 32.6 Å². The maximum absolute atomic E-state index is 14.4. The van der Waals surface area contributed by atoms with Crippen LogP contribution in [0, 0.1) is 56.2 Å². The van der Waals surface area contributed by atoms with E-state index in [1.165, 1.54) is 0 Å². The Labute approximate surface area is 237 Å². The number of Topliss-reactive ketones (excluding diaryl/α,β-unsaturated/α-hetero) is 1. The highest BCUT2D eigenvalue weighted by Gasteiger charge is 2.70. The second-order valence-corrected chi connectivity index (χ2v) is 15.8. The lowest BCUT2D eigenvalue weighted by Crippen LogP contribution is -2.70. The molecular formula is C33H44F2N2O3. The van der Waals surface area contributed by atoms with Crippen molar-refractivity contribution in [1.82, 2.24) is 5.32 Å². The van der Waals surface area contributed by atoms with E-state index in [4.69, 9.17) is 0 Å². The predicted octanol–water partition coefficient (Wildman–Crippen LogP) is 6.73. The lowest BCUT2D eigenvalue weighted by atomic mass is 9.35. The fourth-order valence-electron chi connectivity index (χ4n) is 10.2. The van der Waals surface area contributed by atoms with Gasteiger partial charge >= 0.3 is 5.92 Å². The maximum atomic E-state index is 14.4. The van der Waals surface area contributed by atoms with Gasteiger partial charge in [-0.05, 0) is 79.1 Å². The molecule has 1 N–H and O–H groups in total. The van der Waals surface area contributed by atoms with Crippen molar-refractivity contribution in [1.29, 1.82) is 5.26 Å². The second kappa shape index (κ2) is 8.35. The fourth-order valence-corrected chi connectivity index (χ4v) is 10.2. The van der Waals surface area contributed by atoms with Crippen molar-refractivity contribution in [3.05, 3.63) is 23.3 Å². The summed E-state index contributed by atoms with van der Waals surface area (Å²) in [6.07, 6.45) is 8.42. The molecule has 0 aliphatic heterocycles. The van der Waals surface area contributed by atoms with Crippen molar-refractivity contribution in [3.8, 4) is 6.07 Å². The van der Waals surface area contributed by atoms with Crippen molar-refractivity contribution in [2.24, 2.45) is 44.8 Å². The van der Waals surface area contributed by atoms with Crippen LogP contribution in [0.25, 0.3) is 0 Å². The van der Waals surface area contributed by atoms with Crippen LogP contribution >= 0.6 is 0 Å². The lowest BCUT2D eigenvalue weighted by Gasteiger charge is -2.69. The number of nitriles is 1. The Morgan fingerprint density at radius 1 is 1.02 bits per heavy atom. The highest BCUT2D eigenvalue weighted by Crippen LogP contribution is 2.73. The molecule has 0 bridgehead atoms. The van der Waals surface area contributed by atoms with Crippen LogP contribution in [0.2, 0.25) is 0 Å². The van der Waals surface area contributed by atoms with E-state index in [0.717, 1.165) is 24.8 Å². The Kier molecular flexibility index (Phi) is 6.09. The Bertz CT molecular complexity index is 1300. The predicted molar refractivity (Wildman–Crippen MR) is 148 cm³/mol. The van der Waals surface area contributed by atoms with Crippen molar-refractivity contribution in [2.75, 3.05) is 0 Å². The molecular weight excluding hydrogens is 510 g/mol. The average Bonchev–Trinajstić information content (AvgIpc) is 2.83. The molecule has 5 rings (SSSR count). The molecule has 0 aromatic rings. The molecule has 7 heteroatoms. The van der Waals surface area contributed by atoms with Gasteiger partial charge in [-0.2, -0.15) is 14.0 Å². The molecule has 218 valence electrons. The van der Waals surface area contributed by atoms with Crippen LogP contribution in [0.1, 0.15) is 100 Å². The zero-order valence-electron chi connectivity index (χ0n) is 25.3. The average molecular weight is 555 g/mol. The molecule has 5 aliphatic rings. The van der Waals surface area contributed by atoms with Crippen LogP contribution in [-0.2, 0) is 14.4 Å². The molecule has 3 saturated carbocycles. The van der Waals surface area contributed by atoms with Crippen molar-refractivity contribution >= 4 is 17.5 Å².